The van der Waals surface area contributed by atoms with Crippen LogP contribution in [-0.4, -0.2) is 4.92 Å². The lowest BCUT2D eigenvalue weighted by Crippen LogP contribution is -2.07. The smallest absolute Gasteiger partial charge is 0.313 e. The fourth-order valence-electron chi connectivity index (χ4n) is 1.58. The first-order valence-corrected chi connectivity index (χ1v) is 7.57. The van der Waals surface area contributed by atoms with E-state index >= 15 is 0 Å². The number of halogens is 5. The standard InChI is InChI=1S/C12H8F5NO3S/c13-22(14,15,16,17)10-6-7-12(11(8-10)18(19)20)21-9-4-2-1-3-5-9/h1-8H. The highest BCUT2D eigenvalue weighted by Crippen LogP contribution is 3.02. The molecule has 0 aromatic heterocycles. The Balaban J connectivity index is 2.53. The van der Waals surface area contributed by atoms with Crippen molar-refractivity contribution in [2.24, 2.45) is 0 Å². The van der Waals surface area contributed by atoms with Gasteiger partial charge in [0.1, 0.15) is 10.6 Å². The zero-order valence-electron chi connectivity index (χ0n) is 10.6. The Hall–Kier alpha value is -2.36. The molecule has 0 unspecified atom stereocenters. The van der Waals surface area contributed by atoms with Gasteiger partial charge in [-0.3, -0.25) is 10.1 Å². The second kappa shape index (κ2) is 4.32. The van der Waals surface area contributed by atoms with Gasteiger partial charge >= 0.3 is 15.9 Å². The largest absolute Gasteiger partial charge is 0.450 e. The summed E-state index contributed by atoms with van der Waals surface area (Å²) in [5, 5.41) is 10.8. The van der Waals surface area contributed by atoms with Crippen LogP contribution in [0.5, 0.6) is 11.5 Å². The lowest BCUT2D eigenvalue weighted by Gasteiger charge is -2.40. The molecule has 2 aromatic rings. The highest BCUT2D eigenvalue weighted by molar-refractivity contribution is 8.45. The van der Waals surface area contributed by atoms with Gasteiger partial charge in [0.05, 0.1) is 4.92 Å². The third-order valence-electron chi connectivity index (χ3n) is 2.54. The number of para-hydroxylation sites is 1. The topological polar surface area (TPSA) is 52.4 Å². The third-order valence-corrected chi connectivity index (χ3v) is 3.69. The van der Waals surface area contributed by atoms with Crippen LogP contribution in [0.4, 0.5) is 25.1 Å². The molecule has 0 aliphatic heterocycles. The van der Waals surface area contributed by atoms with Crippen LogP contribution in [0.3, 0.4) is 0 Å². The fraction of sp³-hybridized carbons (Fsp3) is 0. The molecule has 0 N–H and O–H groups in total. The molecule has 0 saturated heterocycles. The quantitative estimate of drug-likeness (QED) is 0.387. The van der Waals surface area contributed by atoms with Crippen molar-refractivity contribution in [3.05, 3.63) is 58.6 Å². The van der Waals surface area contributed by atoms with Crippen molar-refractivity contribution in [2.75, 3.05) is 0 Å². The van der Waals surface area contributed by atoms with E-state index in [0.29, 0.717) is 6.07 Å². The first kappa shape index (κ1) is 16.0. The lowest BCUT2D eigenvalue weighted by atomic mass is 10.3. The zero-order chi connectivity index (χ0) is 16.7. The molecular weight excluding hydrogens is 333 g/mol. The summed E-state index contributed by atoms with van der Waals surface area (Å²) in [4.78, 5) is 7.27. The lowest BCUT2D eigenvalue weighted by molar-refractivity contribution is -0.385. The number of rotatable bonds is 4. The summed E-state index contributed by atoms with van der Waals surface area (Å²) in [6, 6.07) is 7.84. The Kier molecular flexibility index (Phi) is 3.15. The van der Waals surface area contributed by atoms with E-state index in [9.17, 15) is 29.5 Å². The molecule has 120 valence electrons. The van der Waals surface area contributed by atoms with Crippen molar-refractivity contribution >= 4 is 15.9 Å². The fourth-order valence-corrected chi connectivity index (χ4v) is 2.24. The van der Waals surface area contributed by atoms with Crippen molar-refractivity contribution in [2.45, 2.75) is 4.90 Å². The summed E-state index contributed by atoms with van der Waals surface area (Å²) >= 11 is 0. The van der Waals surface area contributed by atoms with Crippen LogP contribution >= 0.6 is 10.2 Å². The molecule has 2 aromatic carbocycles. The normalized spacial score (nSPS) is 14.8. The SMILES string of the molecule is O=[N+]([O-])c1cc(S(F)(F)(F)(F)F)ccc1Oc1ccccc1. The Morgan fingerprint density at radius 3 is 2.05 bits per heavy atom. The van der Waals surface area contributed by atoms with E-state index in [-0.39, 0.29) is 17.9 Å². The molecule has 0 aliphatic carbocycles. The number of hydrogen-bond acceptors (Lipinski definition) is 3. The van der Waals surface area contributed by atoms with Crippen LogP contribution in [0.1, 0.15) is 0 Å². The van der Waals surface area contributed by atoms with Crippen molar-refractivity contribution in [1.29, 1.82) is 0 Å². The maximum Gasteiger partial charge on any atom is 0.313 e. The Labute approximate surface area is 121 Å². The van der Waals surface area contributed by atoms with Gasteiger partial charge in [0.25, 0.3) is 0 Å². The molecule has 0 aliphatic rings. The summed E-state index contributed by atoms with van der Waals surface area (Å²) in [7, 11) is -10.00. The van der Waals surface area contributed by atoms with Crippen LogP contribution in [0, 0.1) is 10.1 Å². The van der Waals surface area contributed by atoms with Crippen molar-refractivity contribution in [3.63, 3.8) is 0 Å². The molecule has 0 saturated carbocycles. The second-order valence-corrected chi connectivity index (χ2v) is 6.68. The first-order valence-electron chi connectivity index (χ1n) is 5.62. The van der Waals surface area contributed by atoms with Crippen LogP contribution in [0.15, 0.2) is 53.4 Å². The zero-order valence-corrected chi connectivity index (χ0v) is 11.4. The molecule has 22 heavy (non-hydrogen) atoms. The van der Waals surface area contributed by atoms with Gasteiger partial charge in [-0.1, -0.05) is 37.6 Å². The predicted molar refractivity (Wildman–Crippen MR) is 71.0 cm³/mol. The summed E-state index contributed by atoms with van der Waals surface area (Å²) in [6.45, 7) is 0. The summed E-state index contributed by atoms with van der Waals surface area (Å²) in [6.07, 6.45) is 0. The number of nitro benzene ring substituents is 1. The maximum atomic E-state index is 12.7. The number of ether oxygens (including phenoxy) is 1. The van der Waals surface area contributed by atoms with Crippen LogP contribution in [0.2, 0.25) is 0 Å². The number of benzene rings is 2. The van der Waals surface area contributed by atoms with E-state index in [0.717, 1.165) is 0 Å². The maximum absolute atomic E-state index is 12.7. The molecule has 0 radical (unpaired) electrons. The summed E-state index contributed by atoms with van der Waals surface area (Å²) in [5.74, 6) is -0.451. The van der Waals surface area contributed by atoms with E-state index in [1.807, 2.05) is 0 Å². The van der Waals surface area contributed by atoms with Crippen LogP contribution in [-0.2, 0) is 0 Å². The van der Waals surface area contributed by atoms with Crippen molar-refractivity contribution in [1.82, 2.24) is 0 Å². The molecule has 0 spiro atoms. The number of nitrogens with zero attached hydrogens (tertiary/aromatic N) is 1. The summed E-state index contributed by atoms with van der Waals surface area (Å²) < 4.78 is 68.5. The first-order chi connectivity index (χ1) is 9.86. The van der Waals surface area contributed by atoms with Gasteiger partial charge in [-0.05, 0) is 24.3 Å². The molecule has 0 heterocycles. The Morgan fingerprint density at radius 1 is 0.955 bits per heavy atom. The van der Waals surface area contributed by atoms with Gasteiger partial charge < -0.3 is 4.74 Å². The number of nitro groups is 1. The predicted octanol–water partition coefficient (Wildman–Crippen LogP) is 6.04. The van der Waals surface area contributed by atoms with Crippen LogP contribution < -0.4 is 4.74 Å². The third kappa shape index (κ3) is 3.64. The summed E-state index contributed by atoms with van der Waals surface area (Å²) in [5.41, 5.74) is -1.20. The Morgan fingerprint density at radius 2 is 1.55 bits per heavy atom. The number of hydrogen-bond donors (Lipinski definition) is 0. The molecule has 2 rings (SSSR count). The van der Waals surface area contributed by atoms with Crippen LogP contribution in [0.25, 0.3) is 0 Å². The van der Waals surface area contributed by atoms with Gasteiger partial charge in [0.15, 0.2) is 0 Å². The van der Waals surface area contributed by atoms with E-state index in [1.165, 1.54) is 24.3 Å². The minimum atomic E-state index is -10.00. The van der Waals surface area contributed by atoms with E-state index in [4.69, 9.17) is 4.74 Å². The van der Waals surface area contributed by atoms with Gasteiger partial charge in [0.2, 0.25) is 5.75 Å². The van der Waals surface area contributed by atoms with Gasteiger partial charge in [-0.25, -0.2) is 0 Å². The van der Waals surface area contributed by atoms with E-state index in [1.54, 1.807) is 6.07 Å². The average molecular weight is 341 g/mol. The van der Waals surface area contributed by atoms with Gasteiger partial charge in [-0.2, -0.15) is 0 Å². The van der Waals surface area contributed by atoms with E-state index < -0.39 is 31.5 Å². The monoisotopic (exact) mass is 341 g/mol. The highest BCUT2D eigenvalue weighted by atomic mass is 32.5. The molecule has 4 nitrogen and oxygen atoms in total. The molecule has 0 fully saturated rings. The molecule has 0 bridgehead atoms. The minimum absolute atomic E-state index is 0.0623. The molecular formula is C12H8F5NO3S. The molecule has 0 atom stereocenters. The average Bonchev–Trinajstić information content (AvgIpc) is 2.37. The van der Waals surface area contributed by atoms with Crippen molar-refractivity contribution in [3.8, 4) is 11.5 Å². The van der Waals surface area contributed by atoms with Gasteiger partial charge in [-0.15, -0.1) is 0 Å². The minimum Gasteiger partial charge on any atom is -0.450 e. The van der Waals surface area contributed by atoms with Crippen molar-refractivity contribution < 1.29 is 29.1 Å². The molecule has 0 amide bonds. The Bertz CT molecular complexity index is 734. The highest BCUT2D eigenvalue weighted by Gasteiger charge is 2.66. The van der Waals surface area contributed by atoms with Gasteiger partial charge in [0, 0.05) is 6.07 Å². The molecule has 10 heteroatoms. The second-order valence-electron chi connectivity index (χ2n) is 4.27. The van der Waals surface area contributed by atoms with E-state index in [2.05, 4.69) is 0 Å².